The summed E-state index contributed by atoms with van der Waals surface area (Å²) in [5.41, 5.74) is 0.406. The van der Waals surface area contributed by atoms with E-state index in [1.54, 1.807) is 18.3 Å². The summed E-state index contributed by atoms with van der Waals surface area (Å²) in [5.74, 6) is -2.14. The van der Waals surface area contributed by atoms with Crippen molar-refractivity contribution in [3.8, 4) is 0 Å². The minimum absolute atomic E-state index is 0.00807. The average molecular weight is 466 g/mol. The molecule has 5 rings (SSSR count). The predicted octanol–water partition coefficient (Wildman–Crippen LogP) is 3.09. The fraction of sp³-hybridized carbons (Fsp3) is 0.667. The van der Waals surface area contributed by atoms with Crippen molar-refractivity contribution < 1.29 is 19.1 Å². The first-order valence-electron chi connectivity index (χ1n) is 10.4. The number of nitrogens with zero attached hydrogens (tertiary/aromatic N) is 1. The molecule has 6 nitrogen and oxygen atoms in total. The molecule has 1 aromatic rings. The molecule has 4 aliphatic rings. The van der Waals surface area contributed by atoms with Gasteiger partial charge < -0.3 is 15.7 Å². The highest BCUT2D eigenvalue weighted by Gasteiger charge is 2.77. The summed E-state index contributed by atoms with van der Waals surface area (Å²) in [6.07, 6.45) is 4.06. The molecule has 2 unspecified atom stereocenters. The number of carboxylic acid groups (broad SMARTS) is 1. The molecular weight excluding hydrogens is 441 g/mol. The standard InChI is InChI=1S/C21H25BrFN3O3/c22-16-4-1-10(8-25-16)26-19(27)17-12-2-3-13(18(17)20(28)29)21(12)7-14(21)11-5-6-24-9-15(11)23/h1,4,8,11-15,17-18,24H,2-3,5-7,9H2,(H,26,27)(H,28,29)/t11-,12+,13-,14?,15-,17-,18-,21?/m1/s1. The zero-order valence-electron chi connectivity index (χ0n) is 16.0. The van der Waals surface area contributed by atoms with Gasteiger partial charge in [0.1, 0.15) is 10.8 Å². The maximum Gasteiger partial charge on any atom is 0.307 e. The lowest BCUT2D eigenvalue weighted by Crippen LogP contribution is -2.40. The van der Waals surface area contributed by atoms with E-state index >= 15 is 0 Å². The third-order valence-electron chi connectivity index (χ3n) is 8.08. The van der Waals surface area contributed by atoms with E-state index in [1.807, 2.05) is 0 Å². The Kier molecular flexibility index (Phi) is 4.70. The minimum atomic E-state index is -0.890. The second-order valence-electron chi connectivity index (χ2n) is 9.13. The number of alkyl halides is 1. The SMILES string of the molecule is O=C(O)[C@H]1[C@H](C(=O)Nc2ccc(Br)nc2)[C@@H]2CC[C@H]1C21CC1[C@H]1CCNC[C@H]1F. The van der Waals surface area contributed by atoms with Gasteiger partial charge in [-0.05, 0) is 89.4 Å². The highest BCUT2D eigenvalue weighted by molar-refractivity contribution is 9.10. The van der Waals surface area contributed by atoms with Crippen molar-refractivity contribution in [2.24, 2.45) is 40.9 Å². The number of carbonyl (C=O) groups is 2. The van der Waals surface area contributed by atoms with E-state index in [0.29, 0.717) is 16.8 Å². The summed E-state index contributed by atoms with van der Waals surface area (Å²) < 4.78 is 15.3. The van der Waals surface area contributed by atoms with E-state index in [9.17, 15) is 19.1 Å². The maximum atomic E-state index is 14.6. The largest absolute Gasteiger partial charge is 0.481 e. The molecule has 3 aliphatic carbocycles. The molecule has 1 spiro atoms. The molecule has 3 N–H and O–H groups in total. The van der Waals surface area contributed by atoms with E-state index < -0.39 is 24.0 Å². The number of halogens is 2. The van der Waals surface area contributed by atoms with Crippen molar-refractivity contribution >= 4 is 33.5 Å². The number of carbonyl (C=O) groups excluding carboxylic acids is 1. The predicted molar refractivity (Wildman–Crippen MR) is 108 cm³/mol. The average Bonchev–Trinajstić information content (AvgIpc) is 3.26. The number of pyridine rings is 1. The van der Waals surface area contributed by atoms with Gasteiger partial charge in [-0.2, -0.15) is 0 Å². The maximum absolute atomic E-state index is 14.6. The molecule has 1 aliphatic heterocycles. The van der Waals surface area contributed by atoms with Crippen molar-refractivity contribution in [1.29, 1.82) is 0 Å². The number of carboxylic acids is 1. The number of anilines is 1. The van der Waals surface area contributed by atoms with Crippen LogP contribution < -0.4 is 10.6 Å². The summed E-state index contributed by atoms with van der Waals surface area (Å²) in [5, 5.41) is 16.0. The molecule has 156 valence electrons. The Hall–Kier alpha value is -1.54. The molecular formula is C21H25BrFN3O3. The molecule has 0 aromatic carbocycles. The van der Waals surface area contributed by atoms with Gasteiger partial charge in [0.25, 0.3) is 0 Å². The zero-order valence-corrected chi connectivity index (χ0v) is 17.6. The van der Waals surface area contributed by atoms with Gasteiger partial charge in [0, 0.05) is 6.54 Å². The summed E-state index contributed by atoms with van der Waals surface area (Å²) >= 11 is 3.27. The number of nitrogens with one attached hydrogen (secondary N) is 2. The van der Waals surface area contributed by atoms with Crippen LogP contribution in [0.25, 0.3) is 0 Å². The molecule has 2 bridgehead atoms. The van der Waals surface area contributed by atoms with Crippen LogP contribution in [0.5, 0.6) is 0 Å². The monoisotopic (exact) mass is 465 g/mol. The molecule has 4 fully saturated rings. The molecule has 1 aromatic heterocycles. The van der Waals surface area contributed by atoms with E-state index in [4.69, 9.17) is 0 Å². The van der Waals surface area contributed by atoms with Gasteiger partial charge in [0.2, 0.25) is 5.91 Å². The molecule has 2 heterocycles. The summed E-state index contributed by atoms with van der Waals surface area (Å²) in [4.78, 5) is 29.5. The van der Waals surface area contributed by atoms with E-state index in [1.165, 1.54) is 0 Å². The normalized spacial score (nSPS) is 42.8. The highest BCUT2D eigenvalue weighted by atomic mass is 79.9. The highest BCUT2D eigenvalue weighted by Crippen LogP contribution is 2.79. The number of amides is 1. The molecule has 1 amide bonds. The number of aromatic nitrogens is 1. The van der Waals surface area contributed by atoms with Gasteiger partial charge in [-0.15, -0.1) is 0 Å². The fourth-order valence-electron chi connectivity index (χ4n) is 7.07. The Bertz CT molecular complexity index is 837. The van der Waals surface area contributed by atoms with Crippen molar-refractivity contribution in [1.82, 2.24) is 10.3 Å². The van der Waals surface area contributed by atoms with E-state index in [-0.39, 0.29) is 35.0 Å². The quantitative estimate of drug-likeness (QED) is 0.594. The Morgan fingerprint density at radius 2 is 1.97 bits per heavy atom. The number of aliphatic carboxylic acids is 1. The third-order valence-corrected chi connectivity index (χ3v) is 8.55. The lowest BCUT2D eigenvalue weighted by Gasteiger charge is -2.30. The van der Waals surface area contributed by atoms with Crippen LogP contribution in [0, 0.1) is 40.9 Å². The number of hydrogen-bond donors (Lipinski definition) is 3. The van der Waals surface area contributed by atoms with Crippen LogP contribution in [0.1, 0.15) is 25.7 Å². The van der Waals surface area contributed by atoms with Gasteiger partial charge in [0.15, 0.2) is 0 Å². The summed E-state index contributed by atoms with van der Waals surface area (Å²) in [6, 6.07) is 3.48. The number of piperidine rings is 1. The van der Waals surface area contributed by atoms with E-state index in [2.05, 4.69) is 31.5 Å². The van der Waals surface area contributed by atoms with Crippen LogP contribution in [0.15, 0.2) is 22.9 Å². The van der Waals surface area contributed by atoms with Crippen LogP contribution in [-0.2, 0) is 9.59 Å². The first-order valence-corrected chi connectivity index (χ1v) is 11.2. The molecule has 0 radical (unpaired) electrons. The number of hydrogen-bond acceptors (Lipinski definition) is 4. The fourth-order valence-corrected chi connectivity index (χ4v) is 7.30. The third kappa shape index (κ3) is 2.93. The van der Waals surface area contributed by atoms with Crippen LogP contribution in [0.4, 0.5) is 10.1 Å². The van der Waals surface area contributed by atoms with E-state index in [0.717, 1.165) is 32.2 Å². The van der Waals surface area contributed by atoms with Crippen LogP contribution in [0.2, 0.25) is 0 Å². The van der Waals surface area contributed by atoms with Crippen molar-refractivity contribution in [2.45, 2.75) is 31.9 Å². The topological polar surface area (TPSA) is 91.3 Å². The zero-order chi connectivity index (χ0) is 20.3. The second kappa shape index (κ2) is 7.01. The van der Waals surface area contributed by atoms with Crippen LogP contribution in [-0.4, -0.2) is 41.2 Å². The Morgan fingerprint density at radius 3 is 2.62 bits per heavy atom. The van der Waals surface area contributed by atoms with Crippen molar-refractivity contribution in [3.05, 3.63) is 22.9 Å². The summed E-state index contributed by atoms with van der Waals surface area (Å²) in [6.45, 7) is 1.20. The lowest BCUT2D eigenvalue weighted by atomic mass is 9.78. The summed E-state index contributed by atoms with van der Waals surface area (Å²) in [7, 11) is 0. The first-order chi connectivity index (χ1) is 13.9. The smallest absolute Gasteiger partial charge is 0.307 e. The van der Waals surface area contributed by atoms with Crippen molar-refractivity contribution in [3.63, 3.8) is 0 Å². The van der Waals surface area contributed by atoms with Gasteiger partial charge in [-0.25, -0.2) is 9.37 Å². The van der Waals surface area contributed by atoms with Gasteiger partial charge in [-0.3, -0.25) is 9.59 Å². The molecule has 29 heavy (non-hydrogen) atoms. The lowest BCUT2D eigenvalue weighted by molar-refractivity contribution is -0.148. The van der Waals surface area contributed by atoms with Crippen LogP contribution in [0.3, 0.4) is 0 Å². The second-order valence-corrected chi connectivity index (χ2v) is 9.95. The molecule has 3 saturated carbocycles. The Balaban J connectivity index is 1.40. The Labute approximate surface area is 177 Å². The van der Waals surface area contributed by atoms with Gasteiger partial charge >= 0.3 is 5.97 Å². The Morgan fingerprint density at radius 1 is 1.21 bits per heavy atom. The van der Waals surface area contributed by atoms with Crippen LogP contribution >= 0.6 is 15.9 Å². The molecule has 8 atom stereocenters. The van der Waals surface area contributed by atoms with Crippen molar-refractivity contribution in [2.75, 3.05) is 18.4 Å². The van der Waals surface area contributed by atoms with Gasteiger partial charge in [-0.1, -0.05) is 0 Å². The minimum Gasteiger partial charge on any atom is -0.481 e. The molecule has 8 heteroatoms. The van der Waals surface area contributed by atoms with Gasteiger partial charge in [0.05, 0.1) is 23.7 Å². The number of rotatable bonds is 4. The molecule has 1 saturated heterocycles. The first kappa shape index (κ1) is 19.4.